The van der Waals surface area contributed by atoms with E-state index in [4.69, 9.17) is 25.8 Å². The summed E-state index contributed by atoms with van der Waals surface area (Å²) in [6.45, 7) is 4.11. The Morgan fingerprint density at radius 1 is 1.00 bits per heavy atom. The Kier molecular flexibility index (Phi) is 6.80. The maximum atomic E-state index is 13.5. The number of rotatable bonds is 7. The van der Waals surface area contributed by atoms with Gasteiger partial charge in [-0.1, -0.05) is 30.7 Å². The molecule has 33 heavy (non-hydrogen) atoms. The first-order valence-electron chi connectivity index (χ1n) is 11.0. The number of nitrogens with zero attached hydrogens (tertiary/aromatic N) is 1. The molecule has 1 aliphatic heterocycles. The normalized spacial score (nSPS) is 16.2. The molecule has 0 bridgehead atoms. The minimum absolute atomic E-state index is 0.00487. The zero-order valence-corrected chi connectivity index (χ0v) is 20.1. The van der Waals surface area contributed by atoms with Crippen molar-refractivity contribution < 1.29 is 19.0 Å². The molecule has 0 spiro atoms. The van der Waals surface area contributed by atoms with E-state index in [1.54, 1.807) is 14.2 Å². The van der Waals surface area contributed by atoms with Gasteiger partial charge in [0, 0.05) is 10.7 Å². The Balaban J connectivity index is 1.89. The second kappa shape index (κ2) is 9.75. The summed E-state index contributed by atoms with van der Waals surface area (Å²) in [5, 5.41) is 0.646. The van der Waals surface area contributed by atoms with Crippen LogP contribution < -0.4 is 19.1 Å². The van der Waals surface area contributed by atoms with Gasteiger partial charge in [-0.2, -0.15) is 0 Å². The van der Waals surface area contributed by atoms with Crippen molar-refractivity contribution >= 4 is 23.2 Å². The van der Waals surface area contributed by atoms with Crippen molar-refractivity contribution in [3.63, 3.8) is 0 Å². The van der Waals surface area contributed by atoms with Crippen molar-refractivity contribution in [3.8, 4) is 17.2 Å². The predicted molar refractivity (Wildman–Crippen MR) is 131 cm³/mol. The molecular weight excluding hydrogens is 438 g/mol. The lowest BCUT2D eigenvalue weighted by Gasteiger charge is -2.38. The average Bonchev–Trinajstić information content (AvgIpc) is 2.83. The molecule has 0 radical (unpaired) electrons. The van der Waals surface area contributed by atoms with E-state index in [-0.39, 0.29) is 24.5 Å². The molecule has 0 aromatic heterocycles. The van der Waals surface area contributed by atoms with Gasteiger partial charge in [-0.05, 0) is 78.6 Å². The van der Waals surface area contributed by atoms with Gasteiger partial charge in [-0.15, -0.1) is 0 Å². The van der Waals surface area contributed by atoms with Crippen LogP contribution in [0, 0.1) is 0 Å². The first-order chi connectivity index (χ1) is 15.9. The highest BCUT2D eigenvalue weighted by Crippen LogP contribution is 2.44. The van der Waals surface area contributed by atoms with Gasteiger partial charge in [0.2, 0.25) is 5.91 Å². The standard InChI is InChI=1S/C27H28ClNO4/c1-5-17(2)33-25-16-23-19(14-24(25)32-4)15-26(30)29(21-10-12-22(31-3)13-11-21)27(23)18-6-8-20(28)9-7-18/h6-14,16-17,27H,5,15H2,1-4H3/t17-,27+/m0/s1. The molecule has 0 N–H and O–H groups in total. The van der Waals surface area contributed by atoms with E-state index in [9.17, 15) is 4.79 Å². The number of anilines is 1. The molecule has 0 saturated heterocycles. The molecule has 0 fully saturated rings. The monoisotopic (exact) mass is 465 g/mol. The number of carbonyl (C=O) groups excluding carboxylic acids is 1. The van der Waals surface area contributed by atoms with Gasteiger partial charge in [-0.3, -0.25) is 4.79 Å². The molecular formula is C27H28ClNO4. The predicted octanol–water partition coefficient (Wildman–Crippen LogP) is 6.21. The van der Waals surface area contributed by atoms with Gasteiger partial charge in [0.25, 0.3) is 0 Å². The van der Waals surface area contributed by atoms with E-state index < -0.39 is 0 Å². The van der Waals surface area contributed by atoms with Crippen LogP contribution in [-0.2, 0) is 11.2 Å². The number of hydrogen-bond acceptors (Lipinski definition) is 4. The number of halogens is 1. The number of ether oxygens (including phenoxy) is 3. The maximum absolute atomic E-state index is 13.5. The van der Waals surface area contributed by atoms with E-state index in [1.807, 2.05) is 72.5 Å². The van der Waals surface area contributed by atoms with E-state index in [1.165, 1.54) is 0 Å². The van der Waals surface area contributed by atoms with Crippen LogP contribution in [0.5, 0.6) is 17.2 Å². The fraction of sp³-hybridized carbons (Fsp3) is 0.296. The van der Waals surface area contributed by atoms with Crippen molar-refractivity contribution in [2.75, 3.05) is 19.1 Å². The number of benzene rings is 3. The largest absolute Gasteiger partial charge is 0.497 e. The lowest BCUT2D eigenvalue weighted by atomic mass is 9.86. The minimum atomic E-state index is -0.336. The smallest absolute Gasteiger partial charge is 0.232 e. The summed E-state index contributed by atoms with van der Waals surface area (Å²) in [5.74, 6) is 2.05. The molecule has 0 saturated carbocycles. The molecule has 1 amide bonds. The summed E-state index contributed by atoms with van der Waals surface area (Å²) in [7, 11) is 3.25. The Labute approximate surface area is 199 Å². The third-order valence-electron chi connectivity index (χ3n) is 6.03. The van der Waals surface area contributed by atoms with Crippen molar-refractivity contribution in [1.29, 1.82) is 0 Å². The Morgan fingerprint density at radius 3 is 2.30 bits per heavy atom. The van der Waals surface area contributed by atoms with Crippen molar-refractivity contribution in [2.45, 2.75) is 38.8 Å². The Hall–Kier alpha value is -3.18. The molecule has 3 aromatic rings. The topological polar surface area (TPSA) is 48.0 Å². The van der Waals surface area contributed by atoms with Gasteiger partial charge in [-0.25, -0.2) is 0 Å². The van der Waals surface area contributed by atoms with Crippen LogP contribution in [0.15, 0.2) is 60.7 Å². The molecule has 0 unspecified atom stereocenters. The molecule has 2 atom stereocenters. The number of carbonyl (C=O) groups is 1. The minimum Gasteiger partial charge on any atom is -0.497 e. The highest BCUT2D eigenvalue weighted by atomic mass is 35.5. The van der Waals surface area contributed by atoms with Crippen molar-refractivity contribution in [2.24, 2.45) is 0 Å². The number of hydrogen-bond donors (Lipinski definition) is 0. The van der Waals surface area contributed by atoms with Gasteiger partial charge in [0.15, 0.2) is 11.5 Å². The summed E-state index contributed by atoms with van der Waals surface area (Å²) < 4.78 is 17.1. The fourth-order valence-corrected chi connectivity index (χ4v) is 4.24. The summed E-state index contributed by atoms with van der Waals surface area (Å²) in [4.78, 5) is 15.3. The van der Waals surface area contributed by atoms with E-state index in [0.29, 0.717) is 16.5 Å². The zero-order chi connectivity index (χ0) is 23.5. The van der Waals surface area contributed by atoms with Crippen LogP contribution in [0.1, 0.15) is 43.0 Å². The molecule has 3 aromatic carbocycles. The zero-order valence-electron chi connectivity index (χ0n) is 19.3. The van der Waals surface area contributed by atoms with Crippen LogP contribution in [0.4, 0.5) is 5.69 Å². The lowest BCUT2D eigenvalue weighted by Crippen LogP contribution is -2.41. The van der Waals surface area contributed by atoms with Crippen LogP contribution in [0.3, 0.4) is 0 Å². The summed E-state index contributed by atoms with van der Waals surface area (Å²) >= 11 is 6.17. The molecule has 1 aliphatic rings. The molecule has 0 aliphatic carbocycles. The fourth-order valence-electron chi connectivity index (χ4n) is 4.12. The molecule has 6 heteroatoms. The SMILES string of the molecule is CC[C@H](C)Oc1cc2c(cc1OC)CC(=O)N(c1ccc(OC)cc1)[C@@H]2c1ccc(Cl)cc1. The quantitative estimate of drug-likeness (QED) is 0.416. The summed E-state index contributed by atoms with van der Waals surface area (Å²) in [6, 6.07) is 18.8. The van der Waals surface area contributed by atoms with Gasteiger partial charge < -0.3 is 19.1 Å². The second-order valence-corrected chi connectivity index (χ2v) is 8.57. The third-order valence-corrected chi connectivity index (χ3v) is 6.28. The molecule has 1 heterocycles. The van der Waals surface area contributed by atoms with Crippen LogP contribution in [0.2, 0.25) is 5.02 Å². The second-order valence-electron chi connectivity index (χ2n) is 8.13. The summed E-state index contributed by atoms with van der Waals surface area (Å²) in [5.41, 5.74) is 3.70. The number of amides is 1. The Bertz CT molecular complexity index is 1130. The number of methoxy groups -OCH3 is 2. The third kappa shape index (κ3) is 4.64. The van der Waals surface area contributed by atoms with E-state index in [2.05, 4.69) is 6.92 Å². The van der Waals surface area contributed by atoms with Gasteiger partial charge in [0.1, 0.15) is 5.75 Å². The maximum Gasteiger partial charge on any atom is 0.232 e. The van der Waals surface area contributed by atoms with Crippen LogP contribution >= 0.6 is 11.6 Å². The first-order valence-corrected chi connectivity index (χ1v) is 11.4. The molecule has 172 valence electrons. The van der Waals surface area contributed by atoms with Crippen molar-refractivity contribution in [1.82, 2.24) is 0 Å². The molecule has 5 nitrogen and oxygen atoms in total. The highest BCUT2D eigenvalue weighted by Gasteiger charge is 2.36. The van der Waals surface area contributed by atoms with Crippen molar-refractivity contribution in [3.05, 3.63) is 82.4 Å². The Morgan fingerprint density at radius 2 is 1.70 bits per heavy atom. The van der Waals surface area contributed by atoms with Crippen LogP contribution in [-0.4, -0.2) is 26.2 Å². The van der Waals surface area contributed by atoms with Gasteiger partial charge >= 0.3 is 0 Å². The summed E-state index contributed by atoms with van der Waals surface area (Å²) in [6.07, 6.45) is 1.18. The number of fused-ring (bicyclic) bond motifs is 1. The average molecular weight is 466 g/mol. The first kappa shape index (κ1) is 23.0. The van der Waals surface area contributed by atoms with Crippen LogP contribution in [0.25, 0.3) is 0 Å². The lowest BCUT2D eigenvalue weighted by molar-refractivity contribution is -0.118. The van der Waals surface area contributed by atoms with Gasteiger partial charge in [0.05, 0.1) is 32.8 Å². The van der Waals surface area contributed by atoms with E-state index in [0.717, 1.165) is 34.5 Å². The molecule has 4 rings (SSSR count). The highest BCUT2D eigenvalue weighted by molar-refractivity contribution is 6.30. The van der Waals surface area contributed by atoms with E-state index >= 15 is 0 Å².